The summed E-state index contributed by atoms with van der Waals surface area (Å²) in [6, 6.07) is 2.50. The number of rotatable bonds is 5. The van der Waals surface area contributed by atoms with Crippen molar-refractivity contribution in [3.63, 3.8) is 0 Å². The third-order valence-corrected chi connectivity index (χ3v) is 5.37. The molecule has 12 heteroatoms. The quantitative estimate of drug-likeness (QED) is 0.649. The Morgan fingerprint density at radius 3 is 2.69 bits per heavy atom. The molecule has 0 unspecified atom stereocenters. The number of β-lactam (4-membered cyclic amide) rings is 1. The third-order valence-electron chi connectivity index (χ3n) is 5.17. The zero-order valence-corrected chi connectivity index (χ0v) is 17.2. The zero-order valence-electron chi connectivity index (χ0n) is 16.4. The largest absolute Gasteiger partial charge is 0.586 e. The van der Waals surface area contributed by atoms with Crippen LogP contribution in [0.2, 0.25) is 5.02 Å². The monoisotopic (exact) mass is 467 g/mol. The number of carbonyl (C=O) groups is 3. The number of nitrogens with one attached hydrogen (secondary N) is 1. The lowest BCUT2D eigenvalue weighted by molar-refractivity contribution is -0.286. The maximum absolute atomic E-state index is 13.2. The normalized spacial score (nSPS) is 21.6. The molecule has 0 aliphatic carbocycles. The Hall–Kier alpha value is -3.47. The number of urea groups is 1. The van der Waals surface area contributed by atoms with Crippen LogP contribution in [0.1, 0.15) is 24.1 Å². The molecule has 2 aromatic rings. The maximum Gasteiger partial charge on any atom is 0.586 e. The number of halogens is 3. The molecule has 0 radical (unpaired) electrons. The van der Waals surface area contributed by atoms with Gasteiger partial charge in [-0.05, 0) is 42.7 Å². The average Bonchev–Trinajstić information content (AvgIpc) is 3.02. The summed E-state index contributed by atoms with van der Waals surface area (Å²) in [5.41, 5.74) is 0.951. The molecular weight excluding hydrogens is 452 g/mol. The van der Waals surface area contributed by atoms with Crippen molar-refractivity contribution in [3.8, 4) is 11.5 Å². The maximum atomic E-state index is 13.2. The SMILES string of the molecule is C[C@@H](NC(=O)N1C(=O)[C@H](Cc2cncc(Cl)c2)[C@H]1C(=O)O)c1ccc2c(c1)OC(F)(F)O2. The number of imide groups is 1. The number of aromatic nitrogens is 1. The standard InChI is InChI=1S/C20H16ClF2N3O6/c1-9(11-2-3-14-15(6-11)32-20(22,23)31-14)25-19(30)26-16(18(28)29)13(17(26)27)5-10-4-12(21)8-24-7-10/h2-4,6-9,13,16H,5H2,1H3,(H,25,30)(H,28,29)/t9-,13-,16+/m1/s1. The molecule has 0 bridgehead atoms. The minimum Gasteiger partial charge on any atom is -0.480 e. The zero-order chi connectivity index (χ0) is 23.2. The Balaban J connectivity index is 1.45. The lowest BCUT2D eigenvalue weighted by Crippen LogP contribution is -2.68. The van der Waals surface area contributed by atoms with Crippen molar-refractivity contribution < 1.29 is 37.7 Å². The van der Waals surface area contributed by atoms with Crippen LogP contribution in [0.5, 0.6) is 11.5 Å². The van der Waals surface area contributed by atoms with Crippen LogP contribution in [0.3, 0.4) is 0 Å². The highest BCUT2D eigenvalue weighted by molar-refractivity contribution is 6.30. The summed E-state index contributed by atoms with van der Waals surface area (Å²) in [7, 11) is 0. The van der Waals surface area contributed by atoms with E-state index >= 15 is 0 Å². The number of ether oxygens (including phenoxy) is 2. The van der Waals surface area contributed by atoms with E-state index in [-0.39, 0.29) is 17.9 Å². The topological polar surface area (TPSA) is 118 Å². The van der Waals surface area contributed by atoms with Gasteiger partial charge in [0.1, 0.15) is 0 Å². The van der Waals surface area contributed by atoms with E-state index in [1.165, 1.54) is 30.6 Å². The van der Waals surface area contributed by atoms with Gasteiger partial charge >= 0.3 is 18.3 Å². The van der Waals surface area contributed by atoms with Crippen LogP contribution < -0.4 is 14.8 Å². The van der Waals surface area contributed by atoms with E-state index in [9.17, 15) is 28.3 Å². The van der Waals surface area contributed by atoms with Crippen LogP contribution in [0.25, 0.3) is 0 Å². The number of hydrogen-bond donors (Lipinski definition) is 2. The van der Waals surface area contributed by atoms with Crippen LogP contribution >= 0.6 is 11.6 Å². The summed E-state index contributed by atoms with van der Waals surface area (Å²) in [6.45, 7) is 1.54. The van der Waals surface area contributed by atoms with Crippen molar-refractivity contribution in [2.75, 3.05) is 0 Å². The fourth-order valence-corrected chi connectivity index (χ4v) is 3.85. The molecule has 0 saturated carbocycles. The van der Waals surface area contributed by atoms with Gasteiger partial charge in [0.15, 0.2) is 17.5 Å². The van der Waals surface area contributed by atoms with Gasteiger partial charge < -0.3 is 19.9 Å². The smallest absolute Gasteiger partial charge is 0.480 e. The predicted molar refractivity (Wildman–Crippen MR) is 104 cm³/mol. The molecule has 0 spiro atoms. The number of aliphatic carboxylic acids is 1. The van der Waals surface area contributed by atoms with Crippen LogP contribution in [0.4, 0.5) is 13.6 Å². The van der Waals surface area contributed by atoms with Crippen LogP contribution in [-0.2, 0) is 16.0 Å². The van der Waals surface area contributed by atoms with Crippen molar-refractivity contribution in [2.24, 2.45) is 5.92 Å². The molecule has 2 aliphatic heterocycles. The minimum atomic E-state index is -3.78. The van der Waals surface area contributed by atoms with Gasteiger partial charge in [0.25, 0.3) is 0 Å². The number of carboxylic acid groups (broad SMARTS) is 1. The number of likely N-dealkylation sites (tertiary alicyclic amines) is 1. The summed E-state index contributed by atoms with van der Waals surface area (Å²) < 4.78 is 35.1. The van der Waals surface area contributed by atoms with Crippen molar-refractivity contribution in [1.29, 1.82) is 0 Å². The molecule has 4 rings (SSSR count). The Kier molecular flexibility index (Phi) is 5.37. The van der Waals surface area contributed by atoms with Gasteiger partial charge in [-0.25, -0.2) is 14.5 Å². The van der Waals surface area contributed by atoms with Crippen molar-refractivity contribution in [1.82, 2.24) is 15.2 Å². The second kappa shape index (κ2) is 7.90. The van der Waals surface area contributed by atoms with E-state index in [4.69, 9.17) is 11.6 Å². The molecular formula is C20H16ClF2N3O6. The number of carboxylic acids is 1. The number of hydrogen-bond acceptors (Lipinski definition) is 6. The second-order valence-electron chi connectivity index (χ2n) is 7.36. The first-order valence-corrected chi connectivity index (χ1v) is 9.79. The van der Waals surface area contributed by atoms with Crippen molar-refractivity contribution >= 4 is 29.5 Å². The Morgan fingerprint density at radius 2 is 2.00 bits per heavy atom. The molecule has 9 nitrogen and oxygen atoms in total. The lowest BCUT2D eigenvalue weighted by Gasteiger charge is -2.43. The number of amides is 3. The molecule has 168 valence electrons. The Morgan fingerprint density at radius 1 is 1.28 bits per heavy atom. The van der Waals surface area contributed by atoms with E-state index in [1.807, 2.05) is 0 Å². The van der Waals surface area contributed by atoms with Crippen LogP contribution in [0.15, 0.2) is 36.7 Å². The minimum absolute atomic E-state index is 0.0546. The summed E-state index contributed by atoms with van der Waals surface area (Å²) >= 11 is 5.87. The highest BCUT2D eigenvalue weighted by atomic mass is 35.5. The molecule has 1 aromatic heterocycles. The molecule has 3 heterocycles. The third kappa shape index (κ3) is 4.03. The highest BCUT2D eigenvalue weighted by Crippen LogP contribution is 2.42. The summed E-state index contributed by atoms with van der Waals surface area (Å²) in [5, 5.41) is 12.4. The molecule has 2 aliphatic rings. The van der Waals surface area contributed by atoms with E-state index in [2.05, 4.69) is 19.8 Å². The van der Waals surface area contributed by atoms with E-state index in [1.54, 1.807) is 13.0 Å². The molecule has 2 N–H and O–H groups in total. The van der Waals surface area contributed by atoms with Crippen molar-refractivity contribution in [2.45, 2.75) is 31.7 Å². The molecule has 32 heavy (non-hydrogen) atoms. The molecule has 3 atom stereocenters. The van der Waals surface area contributed by atoms with Gasteiger partial charge in [-0.2, -0.15) is 0 Å². The number of carbonyl (C=O) groups excluding carboxylic acids is 2. The van der Waals surface area contributed by atoms with Gasteiger partial charge in [0.05, 0.1) is 17.0 Å². The van der Waals surface area contributed by atoms with Crippen LogP contribution in [0, 0.1) is 5.92 Å². The molecule has 1 fully saturated rings. The molecule has 1 aromatic carbocycles. The number of benzene rings is 1. The molecule has 1 saturated heterocycles. The fraction of sp³-hybridized carbons (Fsp3) is 0.300. The van der Waals surface area contributed by atoms with E-state index < -0.39 is 42.2 Å². The summed E-state index contributed by atoms with van der Waals surface area (Å²) in [6.07, 6.45) is -0.856. The van der Waals surface area contributed by atoms with Crippen molar-refractivity contribution in [3.05, 3.63) is 52.8 Å². The van der Waals surface area contributed by atoms with Gasteiger partial charge in [-0.3, -0.25) is 9.78 Å². The van der Waals surface area contributed by atoms with E-state index in [0.717, 1.165) is 0 Å². The lowest BCUT2D eigenvalue weighted by atomic mass is 9.83. The first-order chi connectivity index (χ1) is 15.1. The summed E-state index contributed by atoms with van der Waals surface area (Å²) in [5.74, 6) is -3.31. The number of pyridine rings is 1. The Labute approximate surface area is 184 Å². The second-order valence-corrected chi connectivity index (χ2v) is 7.79. The number of alkyl halides is 2. The average molecular weight is 468 g/mol. The number of nitrogens with zero attached hydrogens (tertiary/aromatic N) is 2. The fourth-order valence-electron chi connectivity index (χ4n) is 3.65. The molecule has 3 amide bonds. The summed E-state index contributed by atoms with van der Waals surface area (Å²) in [4.78, 5) is 41.5. The number of fused-ring (bicyclic) bond motifs is 1. The first kappa shape index (κ1) is 21.8. The highest BCUT2D eigenvalue weighted by Gasteiger charge is 2.54. The van der Waals surface area contributed by atoms with Gasteiger partial charge in [-0.15, -0.1) is 8.78 Å². The first-order valence-electron chi connectivity index (χ1n) is 9.41. The Bertz CT molecular complexity index is 1110. The van der Waals surface area contributed by atoms with Crippen LogP contribution in [-0.4, -0.2) is 45.2 Å². The van der Waals surface area contributed by atoms with Gasteiger partial charge in [-0.1, -0.05) is 17.7 Å². The van der Waals surface area contributed by atoms with Gasteiger partial charge in [0, 0.05) is 12.4 Å². The van der Waals surface area contributed by atoms with E-state index in [0.29, 0.717) is 21.0 Å². The van der Waals surface area contributed by atoms with Gasteiger partial charge in [0.2, 0.25) is 5.91 Å². The predicted octanol–water partition coefficient (Wildman–Crippen LogP) is 2.98.